The molecular formula is H4BF3I. The van der Waals surface area contributed by atoms with Crippen LogP contribution in [0.2, 0.25) is 0 Å². The zero-order valence-corrected chi connectivity index (χ0v) is 4.54. The van der Waals surface area contributed by atoms with E-state index in [4.69, 9.17) is 0 Å². The smallest absolute Gasteiger partial charge is 0 e. The van der Waals surface area contributed by atoms with E-state index < -0.39 is 0 Å². The van der Waals surface area contributed by atoms with Crippen molar-refractivity contribution in [3.05, 3.63) is 0 Å². The third-order valence-corrected chi connectivity index (χ3v) is 0. The fraction of sp³-hybridized carbons (Fsp3) is 0. The number of rotatable bonds is 0. The Morgan fingerprint density at radius 2 is 0.600 bits per heavy atom. The fourth-order valence-corrected chi connectivity index (χ4v) is 0. The predicted molar refractivity (Wildman–Crippen MR) is 28.7 cm³/mol. The summed E-state index contributed by atoms with van der Waals surface area (Å²) in [5.41, 5.74) is 0. The van der Waals surface area contributed by atoms with Gasteiger partial charge in [-0.3, -0.25) is 14.1 Å². The Labute approximate surface area is 47.0 Å². The summed E-state index contributed by atoms with van der Waals surface area (Å²) < 4.78 is 0. The summed E-state index contributed by atoms with van der Waals surface area (Å²) in [6, 6.07) is 0. The summed E-state index contributed by atoms with van der Waals surface area (Å²) in [7, 11) is 0. The Balaban J connectivity index is 0. The number of halogens is 4. The van der Waals surface area contributed by atoms with Gasteiger partial charge in [0.05, 0.1) is 0 Å². The van der Waals surface area contributed by atoms with E-state index in [0.29, 0.717) is 0 Å². The molecule has 0 N–H and O–H groups in total. The molecule has 0 saturated heterocycles. The molecule has 0 spiro atoms. The minimum absolute atomic E-state index is 0. The van der Waals surface area contributed by atoms with Crippen LogP contribution in [0.1, 0.15) is 0 Å². The molecule has 0 unspecified atom stereocenters. The van der Waals surface area contributed by atoms with Crippen LogP contribution in [0.15, 0.2) is 0 Å². The van der Waals surface area contributed by atoms with Crippen LogP contribution in [0.5, 0.6) is 0 Å². The molecule has 0 atom stereocenters. The minimum Gasteiger partial charge on any atom is -0.269 e. The first-order valence-corrected chi connectivity index (χ1v) is 0. The standard InChI is InChI=1S/B.3FH.HI/h;4*1H. The molecule has 0 rings (SSSR count). The Kier molecular flexibility index (Phi) is 11800. The van der Waals surface area contributed by atoms with Crippen LogP contribution in [0.4, 0.5) is 14.1 Å². The van der Waals surface area contributed by atoms with E-state index in [1.165, 1.54) is 0 Å². The topological polar surface area (TPSA) is 0 Å². The van der Waals surface area contributed by atoms with Crippen molar-refractivity contribution in [2.75, 3.05) is 0 Å². The fourth-order valence-electron chi connectivity index (χ4n) is 0. The molecule has 0 aromatic heterocycles. The zero-order chi connectivity index (χ0) is 0. The van der Waals surface area contributed by atoms with Crippen molar-refractivity contribution >= 4 is 32.4 Å². The molecule has 0 fully saturated rings. The van der Waals surface area contributed by atoms with Gasteiger partial charge in [-0.25, -0.2) is 0 Å². The van der Waals surface area contributed by atoms with Gasteiger partial charge in [0, 0.05) is 8.41 Å². The highest BCUT2D eigenvalue weighted by Gasteiger charge is 0.0000208. The largest absolute Gasteiger partial charge is 0.269 e. The highest BCUT2D eigenvalue weighted by atomic mass is 127. The second-order valence-corrected chi connectivity index (χ2v) is 0. The first kappa shape index (κ1) is 343. The molecular weight excluding hydrogens is 195 g/mol. The summed E-state index contributed by atoms with van der Waals surface area (Å²) in [6.07, 6.45) is 0. The van der Waals surface area contributed by atoms with Crippen LogP contribution in [-0.2, 0) is 0 Å². The minimum atomic E-state index is 0. The van der Waals surface area contributed by atoms with Gasteiger partial charge >= 0.3 is 0 Å². The van der Waals surface area contributed by atoms with Gasteiger partial charge in [0.15, 0.2) is 0 Å². The maximum atomic E-state index is 0. The van der Waals surface area contributed by atoms with Crippen LogP contribution in [0, 0.1) is 0 Å². The molecule has 0 aromatic carbocycles. The molecule has 0 bridgehead atoms. The van der Waals surface area contributed by atoms with Crippen LogP contribution in [-0.4, -0.2) is 8.41 Å². The third-order valence-electron chi connectivity index (χ3n) is 0. The second kappa shape index (κ2) is 172. The zero-order valence-electron chi connectivity index (χ0n) is 2.21. The molecule has 5 heteroatoms. The summed E-state index contributed by atoms with van der Waals surface area (Å²) >= 11 is 0. The van der Waals surface area contributed by atoms with Gasteiger partial charge in [-0.2, -0.15) is 0 Å². The van der Waals surface area contributed by atoms with Gasteiger partial charge in [0.25, 0.3) is 0 Å². The third kappa shape index (κ3) is 89.5. The van der Waals surface area contributed by atoms with Crippen molar-refractivity contribution in [3.63, 3.8) is 0 Å². The molecule has 0 aliphatic rings. The van der Waals surface area contributed by atoms with Crippen LogP contribution in [0.3, 0.4) is 0 Å². The van der Waals surface area contributed by atoms with Crippen molar-refractivity contribution in [2.24, 2.45) is 0 Å². The predicted octanol–water partition coefficient (Wildman–Crippen LogP) is 0.695. The maximum Gasteiger partial charge on any atom is 0 e. The average Bonchev–Trinajstić information content (AvgIpc) is 0. The van der Waals surface area contributed by atoms with Crippen LogP contribution in [0.25, 0.3) is 0 Å². The van der Waals surface area contributed by atoms with Gasteiger partial charge < -0.3 is 0 Å². The molecule has 0 nitrogen and oxygen atoms in total. The van der Waals surface area contributed by atoms with E-state index in [1.807, 2.05) is 0 Å². The van der Waals surface area contributed by atoms with Crippen molar-refractivity contribution in [3.8, 4) is 0 Å². The van der Waals surface area contributed by atoms with Crippen LogP contribution >= 0.6 is 24.0 Å². The van der Waals surface area contributed by atoms with Crippen molar-refractivity contribution < 1.29 is 14.1 Å². The van der Waals surface area contributed by atoms with Crippen LogP contribution < -0.4 is 0 Å². The molecule has 0 heterocycles. The van der Waals surface area contributed by atoms with E-state index in [2.05, 4.69) is 0 Å². The average molecular weight is 199 g/mol. The second-order valence-electron chi connectivity index (χ2n) is 0. The molecule has 0 aliphatic heterocycles. The first-order valence-electron chi connectivity index (χ1n) is 0. The molecule has 5 heavy (non-hydrogen) atoms. The van der Waals surface area contributed by atoms with E-state index in [1.54, 1.807) is 0 Å². The first-order chi connectivity index (χ1) is 0. The van der Waals surface area contributed by atoms with E-state index >= 15 is 0 Å². The molecule has 0 saturated carbocycles. The normalized spacial score (nSPS) is 0. The lowest BCUT2D eigenvalue weighted by Crippen LogP contribution is -0.381. The lowest BCUT2D eigenvalue weighted by atomic mass is 10.8. The van der Waals surface area contributed by atoms with E-state index in [9.17, 15) is 0 Å². The van der Waals surface area contributed by atoms with Crippen molar-refractivity contribution in [1.29, 1.82) is 0 Å². The summed E-state index contributed by atoms with van der Waals surface area (Å²) in [6.45, 7) is 0. The SMILES string of the molecule is F.F.F.I.[B]. The van der Waals surface area contributed by atoms with Gasteiger partial charge in [0.2, 0.25) is 0 Å². The maximum absolute atomic E-state index is 0. The van der Waals surface area contributed by atoms with Crippen molar-refractivity contribution in [1.82, 2.24) is 0 Å². The monoisotopic (exact) mass is 199 g/mol. The lowest BCUT2D eigenvalue weighted by Gasteiger charge is -0.270. The van der Waals surface area contributed by atoms with Gasteiger partial charge in [-0.05, 0) is 0 Å². The summed E-state index contributed by atoms with van der Waals surface area (Å²) in [5.74, 6) is 0. The molecule has 3 radical (unpaired) electrons. The Morgan fingerprint density at radius 3 is 0.600 bits per heavy atom. The van der Waals surface area contributed by atoms with Gasteiger partial charge in [-0.15, -0.1) is 24.0 Å². The Morgan fingerprint density at radius 1 is 0.600 bits per heavy atom. The number of hydrogen-bond acceptors (Lipinski definition) is 0. The molecule has 0 aromatic rings. The Bertz CT molecular complexity index is 6.85. The van der Waals surface area contributed by atoms with Crippen molar-refractivity contribution in [2.45, 2.75) is 0 Å². The van der Waals surface area contributed by atoms with Gasteiger partial charge in [-0.1, -0.05) is 0 Å². The lowest BCUT2D eigenvalue weighted by molar-refractivity contribution is 1.11. The number of hydrogen-bond donors (Lipinski definition) is 0. The molecule has 0 amide bonds. The van der Waals surface area contributed by atoms with Gasteiger partial charge in [0.1, 0.15) is 0 Å². The van der Waals surface area contributed by atoms with E-state index in [-0.39, 0.29) is 46.5 Å². The highest BCUT2D eigenvalue weighted by Crippen LogP contribution is 0.886. The summed E-state index contributed by atoms with van der Waals surface area (Å²) in [5, 5.41) is 0. The van der Waals surface area contributed by atoms with E-state index in [0.717, 1.165) is 0 Å². The quantitative estimate of drug-likeness (QED) is 0.397. The summed E-state index contributed by atoms with van der Waals surface area (Å²) in [4.78, 5) is 0. The molecule has 0 aliphatic carbocycles. The highest BCUT2D eigenvalue weighted by molar-refractivity contribution is 14.0. The Hall–Kier alpha value is 0.585. The molecule has 35 valence electrons.